The molecule has 0 radical (unpaired) electrons. The molecule has 0 aliphatic carbocycles. The number of amides is 1. The molecular formula is C15H16N2O. The van der Waals surface area contributed by atoms with E-state index in [2.05, 4.69) is 10.3 Å². The van der Waals surface area contributed by atoms with E-state index in [0.717, 1.165) is 11.3 Å². The summed E-state index contributed by atoms with van der Waals surface area (Å²) >= 11 is 0. The second-order valence-electron chi connectivity index (χ2n) is 4.32. The number of benzene rings is 1. The highest BCUT2D eigenvalue weighted by Crippen LogP contribution is 2.10. The predicted octanol–water partition coefficient (Wildman–Crippen LogP) is 2.88. The lowest BCUT2D eigenvalue weighted by Crippen LogP contribution is -2.27. The van der Waals surface area contributed by atoms with Crippen LogP contribution in [0.25, 0.3) is 0 Å². The Hall–Kier alpha value is -2.16. The Balaban J connectivity index is 2.06. The van der Waals surface area contributed by atoms with Crippen LogP contribution in [0.3, 0.4) is 0 Å². The number of nitrogens with one attached hydrogen (secondary N) is 1. The zero-order valence-corrected chi connectivity index (χ0v) is 10.6. The first-order chi connectivity index (χ1) is 8.66. The van der Waals surface area contributed by atoms with Crippen LogP contribution in [0.1, 0.15) is 34.6 Å². The van der Waals surface area contributed by atoms with Gasteiger partial charge in [-0.3, -0.25) is 9.78 Å². The van der Waals surface area contributed by atoms with E-state index in [0.29, 0.717) is 5.56 Å². The Bertz CT molecular complexity index is 520. The molecule has 0 saturated heterocycles. The summed E-state index contributed by atoms with van der Waals surface area (Å²) in [5.74, 6) is -0.0758. The fourth-order valence-electron chi connectivity index (χ4n) is 1.69. The van der Waals surface area contributed by atoms with E-state index in [1.807, 2.05) is 56.3 Å². The van der Waals surface area contributed by atoms with Crippen molar-refractivity contribution in [1.29, 1.82) is 0 Å². The van der Waals surface area contributed by atoms with Gasteiger partial charge in [0, 0.05) is 11.8 Å². The van der Waals surface area contributed by atoms with Crippen molar-refractivity contribution >= 4 is 5.91 Å². The average Bonchev–Trinajstić information content (AvgIpc) is 2.40. The van der Waals surface area contributed by atoms with Gasteiger partial charge in [-0.1, -0.05) is 23.8 Å². The Labute approximate surface area is 107 Å². The van der Waals surface area contributed by atoms with Gasteiger partial charge in [-0.2, -0.15) is 0 Å². The van der Waals surface area contributed by atoms with Gasteiger partial charge in [-0.05, 0) is 38.1 Å². The van der Waals surface area contributed by atoms with Crippen molar-refractivity contribution in [2.24, 2.45) is 0 Å². The fraction of sp³-hybridized carbons (Fsp3) is 0.200. The van der Waals surface area contributed by atoms with E-state index >= 15 is 0 Å². The van der Waals surface area contributed by atoms with Crippen molar-refractivity contribution in [3.63, 3.8) is 0 Å². The molecule has 1 atom stereocenters. The highest BCUT2D eigenvalue weighted by Gasteiger charge is 2.11. The molecule has 2 rings (SSSR count). The number of aryl methyl sites for hydroxylation is 1. The first-order valence-corrected chi connectivity index (χ1v) is 5.95. The van der Waals surface area contributed by atoms with Crippen LogP contribution in [0.4, 0.5) is 0 Å². The first-order valence-electron chi connectivity index (χ1n) is 5.95. The topological polar surface area (TPSA) is 42.0 Å². The van der Waals surface area contributed by atoms with Crippen LogP contribution in [0.5, 0.6) is 0 Å². The molecular weight excluding hydrogens is 224 g/mol. The molecule has 0 bridgehead atoms. The minimum Gasteiger partial charge on any atom is -0.344 e. The molecule has 1 heterocycles. The smallest absolute Gasteiger partial charge is 0.251 e. The first kappa shape index (κ1) is 12.3. The van der Waals surface area contributed by atoms with Gasteiger partial charge in [0.1, 0.15) is 0 Å². The summed E-state index contributed by atoms with van der Waals surface area (Å²) in [5, 5.41) is 2.93. The zero-order valence-electron chi connectivity index (χ0n) is 10.6. The molecule has 1 unspecified atom stereocenters. The summed E-state index contributed by atoms with van der Waals surface area (Å²) in [4.78, 5) is 16.2. The molecule has 3 heteroatoms. The molecule has 0 fully saturated rings. The van der Waals surface area contributed by atoms with E-state index in [-0.39, 0.29) is 11.9 Å². The second kappa shape index (κ2) is 5.45. The number of rotatable bonds is 3. The lowest BCUT2D eigenvalue weighted by Gasteiger charge is -2.13. The summed E-state index contributed by atoms with van der Waals surface area (Å²) in [6.45, 7) is 3.92. The summed E-state index contributed by atoms with van der Waals surface area (Å²) in [6, 6.07) is 13.1. The van der Waals surface area contributed by atoms with Crippen LogP contribution in [0, 0.1) is 6.92 Å². The highest BCUT2D eigenvalue weighted by molar-refractivity contribution is 5.94. The highest BCUT2D eigenvalue weighted by atomic mass is 16.1. The Morgan fingerprint density at radius 3 is 2.50 bits per heavy atom. The fourth-order valence-corrected chi connectivity index (χ4v) is 1.69. The molecule has 3 nitrogen and oxygen atoms in total. The second-order valence-corrected chi connectivity index (χ2v) is 4.32. The van der Waals surface area contributed by atoms with Gasteiger partial charge in [-0.25, -0.2) is 0 Å². The maximum Gasteiger partial charge on any atom is 0.251 e. The molecule has 92 valence electrons. The SMILES string of the molecule is Cc1ccc(C(=O)NC(C)c2ccccn2)cc1. The number of nitrogens with zero attached hydrogens (tertiary/aromatic N) is 1. The average molecular weight is 240 g/mol. The molecule has 0 aliphatic heterocycles. The van der Waals surface area contributed by atoms with E-state index in [1.165, 1.54) is 0 Å². The summed E-state index contributed by atoms with van der Waals surface area (Å²) in [6.07, 6.45) is 1.73. The van der Waals surface area contributed by atoms with Crippen molar-refractivity contribution in [2.75, 3.05) is 0 Å². The number of carbonyl (C=O) groups is 1. The third-order valence-electron chi connectivity index (χ3n) is 2.79. The Morgan fingerprint density at radius 1 is 1.17 bits per heavy atom. The molecule has 0 saturated carbocycles. The largest absolute Gasteiger partial charge is 0.344 e. The van der Waals surface area contributed by atoms with Crippen LogP contribution in [0.2, 0.25) is 0 Å². The molecule has 2 aromatic rings. The zero-order chi connectivity index (χ0) is 13.0. The van der Waals surface area contributed by atoms with Crippen LogP contribution in [-0.2, 0) is 0 Å². The Morgan fingerprint density at radius 2 is 1.89 bits per heavy atom. The summed E-state index contributed by atoms with van der Waals surface area (Å²) < 4.78 is 0. The third-order valence-corrected chi connectivity index (χ3v) is 2.79. The number of hydrogen-bond donors (Lipinski definition) is 1. The predicted molar refractivity (Wildman–Crippen MR) is 71.3 cm³/mol. The van der Waals surface area contributed by atoms with Crippen molar-refractivity contribution < 1.29 is 4.79 Å². The maximum atomic E-state index is 12.0. The minimum atomic E-state index is -0.0972. The lowest BCUT2D eigenvalue weighted by molar-refractivity contribution is 0.0939. The lowest BCUT2D eigenvalue weighted by atomic mass is 10.1. The van der Waals surface area contributed by atoms with Gasteiger partial charge >= 0.3 is 0 Å². The summed E-state index contributed by atoms with van der Waals surface area (Å²) in [7, 11) is 0. The number of hydrogen-bond acceptors (Lipinski definition) is 2. The molecule has 0 aliphatic rings. The van der Waals surface area contributed by atoms with Crippen LogP contribution < -0.4 is 5.32 Å². The van der Waals surface area contributed by atoms with Gasteiger partial charge in [0.15, 0.2) is 0 Å². The number of aromatic nitrogens is 1. The van der Waals surface area contributed by atoms with Gasteiger partial charge in [0.2, 0.25) is 0 Å². The van der Waals surface area contributed by atoms with E-state index < -0.39 is 0 Å². The number of carbonyl (C=O) groups excluding carboxylic acids is 1. The standard InChI is InChI=1S/C15H16N2O/c1-11-6-8-13(9-7-11)15(18)17-12(2)14-5-3-4-10-16-14/h3-10,12H,1-2H3,(H,17,18). The molecule has 0 spiro atoms. The summed E-state index contributed by atoms with van der Waals surface area (Å²) in [5.41, 5.74) is 2.67. The van der Waals surface area contributed by atoms with Crippen molar-refractivity contribution in [3.8, 4) is 0 Å². The van der Waals surface area contributed by atoms with Crippen molar-refractivity contribution in [3.05, 3.63) is 65.5 Å². The van der Waals surface area contributed by atoms with Crippen molar-refractivity contribution in [2.45, 2.75) is 19.9 Å². The molecule has 1 amide bonds. The Kier molecular flexibility index (Phi) is 3.72. The van der Waals surface area contributed by atoms with Gasteiger partial charge in [0.25, 0.3) is 5.91 Å². The quantitative estimate of drug-likeness (QED) is 0.896. The normalized spacial score (nSPS) is 11.9. The maximum absolute atomic E-state index is 12.0. The van der Waals surface area contributed by atoms with Crippen LogP contribution in [-0.4, -0.2) is 10.9 Å². The van der Waals surface area contributed by atoms with Gasteiger partial charge in [-0.15, -0.1) is 0 Å². The van der Waals surface area contributed by atoms with Crippen LogP contribution in [0.15, 0.2) is 48.7 Å². The molecule has 1 aromatic heterocycles. The van der Waals surface area contributed by atoms with Crippen LogP contribution >= 0.6 is 0 Å². The van der Waals surface area contributed by atoms with E-state index in [1.54, 1.807) is 6.20 Å². The van der Waals surface area contributed by atoms with Gasteiger partial charge < -0.3 is 5.32 Å². The third kappa shape index (κ3) is 2.94. The monoisotopic (exact) mass is 240 g/mol. The van der Waals surface area contributed by atoms with E-state index in [4.69, 9.17) is 0 Å². The molecule has 1 aromatic carbocycles. The number of pyridine rings is 1. The minimum absolute atomic E-state index is 0.0758. The van der Waals surface area contributed by atoms with Crippen molar-refractivity contribution in [1.82, 2.24) is 10.3 Å². The molecule has 1 N–H and O–H groups in total. The molecule has 18 heavy (non-hydrogen) atoms. The van der Waals surface area contributed by atoms with Gasteiger partial charge in [0.05, 0.1) is 11.7 Å². The van der Waals surface area contributed by atoms with E-state index in [9.17, 15) is 4.79 Å².